The zero-order valence-electron chi connectivity index (χ0n) is 9.04. The lowest BCUT2D eigenvalue weighted by Crippen LogP contribution is -2.39. The minimum absolute atomic E-state index is 0.0350. The van der Waals surface area contributed by atoms with E-state index in [1.54, 1.807) is 24.4 Å². The number of hydrogen-bond donors (Lipinski definition) is 2. The Labute approximate surface area is 99.6 Å². The summed E-state index contributed by atoms with van der Waals surface area (Å²) in [7, 11) is -3.48. The van der Waals surface area contributed by atoms with Crippen molar-refractivity contribution in [2.24, 2.45) is 5.73 Å². The van der Waals surface area contributed by atoms with Crippen molar-refractivity contribution in [2.75, 3.05) is 19.6 Å². The first-order valence-electron chi connectivity index (χ1n) is 4.94. The van der Waals surface area contributed by atoms with Gasteiger partial charge < -0.3 is 10.8 Å². The molecule has 0 aliphatic heterocycles. The third-order valence-electron chi connectivity index (χ3n) is 2.13. The van der Waals surface area contributed by atoms with Crippen molar-refractivity contribution in [1.29, 1.82) is 0 Å². The highest BCUT2D eigenvalue weighted by atomic mass is 32.2. The minimum atomic E-state index is -3.48. The van der Waals surface area contributed by atoms with Gasteiger partial charge in [-0.1, -0.05) is 13.0 Å². The zero-order chi connectivity index (χ0) is 12.2. The lowest BCUT2D eigenvalue weighted by molar-refractivity contribution is 0.155. The van der Waals surface area contributed by atoms with E-state index in [0.29, 0.717) is 10.8 Å². The van der Waals surface area contributed by atoms with Crippen molar-refractivity contribution >= 4 is 21.4 Å². The monoisotopic (exact) mass is 264 g/mol. The smallest absolute Gasteiger partial charge is 0.252 e. The van der Waals surface area contributed by atoms with Crippen molar-refractivity contribution in [2.45, 2.75) is 17.2 Å². The van der Waals surface area contributed by atoms with Gasteiger partial charge >= 0.3 is 0 Å². The second kappa shape index (κ2) is 5.74. The predicted molar refractivity (Wildman–Crippen MR) is 63.8 cm³/mol. The molecule has 0 aliphatic carbocycles. The molecule has 5 nitrogen and oxygen atoms in total. The van der Waals surface area contributed by atoms with Crippen LogP contribution in [0.25, 0.3) is 0 Å². The van der Waals surface area contributed by atoms with E-state index in [-0.39, 0.29) is 13.1 Å². The van der Waals surface area contributed by atoms with E-state index in [2.05, 4.69) is 0 Å². The number of aliphatic hydroxyl groups excluding tert-OH is 1. The second-order valence-corrected chi connectivity index (χ2v) is 6.39. The molecule has 1 aromatic heterocycles. The summed E-state index contributed by atoms with van der Waals surface area (Å²) in [5, 5.41) is 11.1. The summed E-state index contributed by atoms with van der Waals surface area (Å²) in [6.45, 7) is 2.13. The van der Waals surface area contributed by atoms with Gasteiger partial charge in [-0.15, -0.1) is 11.3 Å². The Morgan fingerprint density at radius 3 is 2.75 bits per heavy atom. The molecule has 0 fully saturated rings. The van der Waals surface area contributed by atoms with E-state index in [9.17, 15) is 13.5 Å². The summed E-state index contributed by atoms with van der Waals surface area (Å²) in [5.41, 5.74) is 5.27. The Hall–Kier alpha value is -0.470. The minimum Gasteiger partial charge on any atom is -0.390 e. The molecule has 0 saturated carbocycles. The molecular formula is C9H16N2O3S2. The molecule has 1 unspecified atom stereocenters. The normalized spacial score (nSPS) is 14.2. The van der Waals surface area contributed by atoms with Crippen LogP contribution >= 0.6 is 11.3 Å². The van der Waals surface area contributed by atoms with Gasteiger partial charge in [-0.05, 0) is 11.4 Å². The molecule has 0 bridgehead atoms. The van der Waals surface area contributed by atoms with Crippen LogP contribution in [0, 0.1) is 0 Å². The van der Waals surface area contributed by atoms with Crippen molar-refractivity contribution in [1.82, 2.24) is 4.31 Å². The summed E-state index contributed by atoms with van der Waals surface area (Å²) in [5.74, 6) is 0. The van der Waals surface area contributed by atoms with E-state index >= 15 is 0 Å². The van der Waals surface area contributed by atoms with Crippen LogP contribution in [0.4, 0.5) is 0 Å². The fourth-order valence-corrected chi connectivity index (χ4v) is 3.88. The molecule has 1 aromatic rings. The molecule has 0 amide bonds. The molecule has 0 radical (unpaired) electrons. The topological polar surface area (TPSA) is 83.6 Å². The van der Waals surface area contributed by atoms with Crippen LogP contribution in [0.15, 0.2) is 21.7 Å². The first-order chi connectivity index (χ1) is 7.52. The second-order valence-electron chi connectivity index (χ2n) is 3.28. The number of sulfonamides is 1. The maximum atomic E-state index is 12.1. The fourth-order valence-electron chi connectivity index (χ4n) is 1.24. The number of rotatable bonds is 6. The van der Waals surface area contributed by atoms with Gasteiger partial charge in [0, 0.05) is 19.6 Å². The lowest BCUT2D eigenvalue weighted by atomic mass is 10.3. The molecule has 0 aromatic carbocycles. The number of thiophene rings is 1. The molecule has 0 spiro atoms. The molecule has 7 heteroatoms. The molecule has 0 saturated heterocycles. The number of hydrogen-bond acceptors (Lipinski definition) is 5. The fraction of sp³-hybridized carbons (Fsp3) is 0.556. The summed E-state index contributed by atoms with van der Waals surface area (Å²) in [6, 6.07) is 3.24. The number of aliphatic hydroxyl groups is 1. The first kappa shape index (κ1) is 13.6. The summed E-state index contributed by atoms with van der Waals surface area (Å²) in [6.07, 6.45) is -0.824. The number of likely N-dealkylation sites (N-methyl/N-ethyl adjacent to an activating group) is 1. The molecule has 3 N–H and O–H groups in total. The van der Waals surface area contributed by atoms with Gasteiger partial charge in [-0.3, -0.25) is 0 Å². The Balaban J connectivity index is 2.88. The predicted octanol–water partition coefficient (Wildman–Crippen LogP) is 0.0783. The van der Waals surface area contributed by atoms with E-state index in [0.717, 1.165) is 0 Å². The molecular weight excluding hydrogens is 248 g/mol. The van der Waals surface area contributed by atoms with Gasteiger partial charge in [0.15, 0.2) is 0 Å². The highest BCUT2D eigenvalue weighted by molar-refractivity contribution is 7.91. The Bertz CT molecular complexity index is 402. The van der Waals surface area contributed by atoms with E-state index in [1.807, 2.05) is 0 Å². The zero-order valence-corrected chi connectivity index (χ0v) is 10.7. The van der Waals surface area contributed by atoms with Gasteiger partial charge in [-0.2, -0.15) is 4.31 Å². The quantitative estimate of drug-likeness (QED) is 0.762. The van der Waals surface area contributed by atoms with E-state index < -0.39 is 16.1 Å². The van der Waals surface area contributed by atoms with Crippen LogP contribution < -0.4 is 5.73 Å². The van der Waals surface area contributed by atoms with Crippen molar-refractivity contribution in [3.8, 4) is 0 Å². The van der Waals surface area contributed by atoms with Crippen LogP contribution in [-0.2, 0) is 10.0 Å². The maximum Gasteiger partial charge on any atom is 0.252 e. The highest BCUT2D eigenvalue weighted by Crippen LogP contribution is 2.20. The average Bonchev–Trinajstić information content (AvgIpc) is 2.78. The largest absolute Gasteiger partial charge is 0.390 e. The standard InChI is InChI=1S/C9H16N2O3S2/c1-2-11(7-8(12)6-10)16(13,14)9-4-3-5-15-9/h3-5,8,12H,2,6-7,10H2,1H3. The van der Waals surface area contributed by atoms with Crippen LogP contribution in [0.5, 0.6) is 0 Å². The summed E-state index contributed by atoms with van der Waals surface area (Å²) in [4.78, 5) is 0. The Morgan fingerprint density at radius 2 is 2.31 bits per heavy atom. The lowest BCUT2D eigenvalue weighted by Gasteiger charge is -2.21. The Morgan fingerprint density at radius 1 is 1.62 bits per heavy atom. The third kappa shape index (κ3) is 3.02. The summed E-state index contributed by atoms with van der Waals surface area (Å²) >= 11 is 1.17. The molecule has 92 valence electrons. The van der Waals surface area contributed by atoms with Gasteiger partial charge in [-0.25, -0.2) is 8.42 Å². The molecule has 16 heavy (non-hydrogen) atoms. The average molecular weight is 264 g/mol. The highest BCUT2D eigenvalue weighted by Gasteiger charge is 2.25. The van der Waals surface area contributed by atoms with Gasteiger partial charge in [0.2, 0.25) is 0 Å². The Kier molecular flexibility index (Phi) is 4.88. The maximum absolute atomic E-state index is 12.1. The van der Waals surface area contributed by atoms with Gasteiger partial charge in [0.1, 0.15) is 4.21 Å². The van der Waals surface area contributed by atoms with E-state index in [4.69, 9.17) is 5.73 Å². The number of nitrogens with two attached hydrogens (primary N) is 1. The van der Waals surface area contributed by atoms with Crippen molar-refractivity contribution in [3.63, 3.8) is 0 Å². The molecule has 1 atom stereocenters. The van der Waals surface area contributed by atoms with Gasteiger partial charge in [0.25, 0.3) is 10.0 Å². The van der Waals surface area contributed by atoms with Crippen molar-refractivity contribution in [3.05, 3.63) is 17.5 Å². The molecule has 1 heterocycles. The van der Waals surface area contributed by atoms with Crippen LogP contribution in [0.1, 0.15) is 6.92 Å². The summed E-state index contributed by atoms with van der Waals surface area (Å²) < 4.78 is 25.6. The van der Waals surface area contributed by atoms with E-state index in [1.165, 1.54) is 15.6 Å². The molecule has 1 rings (SSSR count). The van der Waals surface area contributed by atoms with Crippen LogP contribution in [0.3, 0.4) is 0 Å². The van der Waals surface area contributed by atoms with Crippen LogP contribution in [0.2, 0.25) is 0 Å². The first-order valence-corrected chi connectivity index (χ1v) is 7.26. The van der Waals surface area contributed by atoms with Gasteiger partial charge in [0.05, 0.1) is 6.10 Å². The van der Waals surface area contributed by atoms with Crippen LogP contribution in [-0.4, -0.2) is 43.6 Å². The van der Waals surface area contributed by atoms with Crippen molar-refractivity contribution < 1.29 is 13.5 Å². The SMILES string of the molecule is CCN(CC(O)CN)S(=O)(=O)c1cccs1. The molecule has 0 aliphatic rings. The third-order valence-corrected chi connectivity index (χ3v) is 5.44. The number of nitrogens with zero attached hydrogens (tertiary/aromatic N) is 1.